The van der Waals surface area contributed by atoms with Crippen molar-refractivity contribution in [2.45, 2.75) is 115 Å². The minimum Gasteiger partial charge on any atom is -0.507 e. The quantitative estimate of drug-likeness (QED) is 0.192. The van der Waals surface area contributed by atoms with Gasteiger partial charge in [-0.3, -0.25) is 0 Å². The van der Waals surface area contributed by atoms with Crippen molar-refractivity contribution in [2.24, 2.45) is 11.8 Å². The lowest BCUT2D eigenvalue weighted by atomic mass is 9.73. The summed E-state index contributed by atoms with van der Waals surface area (Å²) in [6.45, 7) is 10.7. The average Bonchev–Trinajstić information content (AvgIpc) is 2.96. The van der Waals surface area contributed by atoms with E-state index in [1.807, 2.05) is 20.8 Å². The molecule has 0 radical (unpaired) electrons. The zero-order valence-electron chi connectivity index (χ0n) is 25.4. The lowest BCUT2D eigenvalue weighted by Gasteiger charge is -2.46. The Morgan fingerprint density at radius 2 is 1.65 bits per heavy atom. The summed E-state index contributed by atoms with van der Waals surface area (Å²) < 4.78 is 23.6. The minimum atomic E-state index is -1.65. The lowest BCUT2D eigenvalue weighted by Crippen LogP contribution is -2.64. The number of aliphatic hydroxyl groups excluding tert-OH is 6. The fraction of sp³-hybridized carbons (Fsp3) is 0.688. The van der Waals surface area contributed by atoms with Crippen molar-refractivity contribution in [2.75, 3.05) is 13.2 Å². The van der Waals surface area contributed by atoms with Crippen molar-refractivity contribution in [3.8, 4) is 11.5 Å². The topological polar surface area (TPSA) is 179 Å². The number of hydrogen-bond acceptors (Lipinski definition) is 11. The van der Waals surface area contributed by atoms with E-state index in [2.05, 4.69) is 12.7 Å². The molecule has 1 aromatic rings. The molecule has 1 aliphatic carbocycles. The summed E-state index contributed by atoms with van der Waals surface area (Å²) in [7, 11) is 0. The van der Waals surface area contributed by atoms with Crippen LogP contribution in [0.3, 0.4) is 0 Å². The highest BCUT2D eigenvalue weighted by Gasteiger charge is 2.51. The average molecular weight is 609 g/mol. The first-order valence-electron chi connectivity index (χ1n) is 15.2. The van der Waals surface area contributed by atoms with Gasteiger partial charge in [-0.1, -0.05) is 44.1 Å². The predicted molar refractivity (Wildman–Crippen MR) is 156 cm³/mol. The molecular formula is C32H48O11. The normalized spacial score (nSPS) is 38.4. The van der Waals surface area contributed by atoms with Crippen LogP contribution in [0.15, 0.2) is 35.9 Å². The van der Waals surface area contributed by atoms with Gasteiger partial charge in [-0.2, -0.15) is 0 Å². The van der Waals surface area contributed by atoms with Gasteiger partial charge in [0.1, 0.15) is 42.0 Å². The molecule has 11 heteroatoms. The van der Waals surface area contributed by atoms with Gasteiger partial charge in [0.05, 0.1) is 25.4 Å². The zero-order valence-corrected chi connectivity index (χ0v) is 25.4. The number of aromatic hydroxyl groups is 1. The van der Waals surface area contributed by atoms with Crippen LogP contribution in [-0.4, -0.2) is 104 Å². The van der Waals surface area contributed by atoms with Crippen molar-refractivity contribution in [3.05, 3.63) is 47.1 Å². The van der Waals surface area contributed by atoms with Gasteiger partial charge < -0.3 is 54.7 Å². The molecule has 2 fully saturated rings. The number of phenolic OH excluding ortho intramolecular Hbond substituents is 1. The molecule has 2 heterocycles. The van der Waals surface area contributed by atoms with E-state index in [-0.39, 0.29) is 23.3 Å². The molecule has 0 saturated carbocycles. The Bertz CT molecular complexity index is 1140. The maximum atomic E-state index is 11.4. The zero-order chi connectivity index (χ0) is 31.6. The third-order valence-corrected chi connectivity index (χ3v) is 9.03. The maximum absolute atomic E-state index is 11.4. The second kappa shape index (κ2) is 14.4. The Morgan fingerprint density at radius 3 is 2.28 bits per heavy atom. The van der Waals surface area contributed by atoms with Crippen molar-refractivity contribution in [1.82, 2.24) is 0 Å². The van der Waals surface area contributed by atoms with E-state index in [0.29, 0.717) is 12.0 Å². The first kappa shape index (κ1) is 33.8. The number of rotatable bonds is 10. The molecule has 1 aromatic carbocycles. The number of ether oxygens (including phenoxy) is 4. The number of aliphatic hydroxyl groups is 6. The lowest BCUT2D eigenvalue weighted by molar-refractivity contribution is -0.348. The van der Waals surface area contributed by atoms with Crippen LogP contribution in [0, 0.1) is 11.8 Å². The molecule has 0 unspecified atom stereocenters. The molecular weight excluding hydrogens is 560 g/mol. The van der Waals surface area contributed by atoms with Gasteiger partial charge in [0.2, 0.25) is 6.29 Å². The van der Waals surface area contributed by atoms with Crippen molar-refractivity contribution >= 4 is 0 Å². The van der Waals surface area contributed by atoms with Crippen molar-refractivity contribution in [3.63, 3.8) is 0 Å². The molecule has 11 nitrogen and oxygen atoms in total. The molecule has 3 aliphatic rings. The highest BCUT2D eigenvalue weighted by atomic mass is 16.7. The second-order valence-electron chi connectivity index (χ2n) is 12.3. The Labute approximate surface area is 253 Å². The summed E-state index contributed by atoms with van der Waals surface area (Å²) in [5.74, 6) is -0.509. The standard InChI is InChI=1S/C32H48O11/c1-6-7-18-11-21(35)25(20-10-16(4)8-9-19(20)15(2)3)22(12-18)40-32-29(39)30(27(37)24(14-34)42-32)43-31-28(38)26(36)17(5)23(13-33)41-31/h10-12,17,19-20,23-24,26-39H,2,6-9,13-14H2,1,3-5H3/t17-,19+,20-,23-,24-,26+,27-,28-,29-,30+,31-,32-/m1/s1. The monoisotopic (exact) mass is 608 g/mol. The Kier molecular flexibility index (Phi) is 11.3. The van der Waals surface area contributed by atoms with Gasteiger partial charge in [0.15, 0.2) is 6.29 Å². The first-order valence-corrected chi connectivity index (χ1v) is 15.2. The molecule has 0 bridgehead atoms. The van der Waals surface area contributed by atoms with E-state index in [9.17, 15) is 35.7 Å². The van der Waals surface area contributed by atoms with Crippen LogP contribution < -0.4 is 4.74 Å². The van der Waals surface area contributed by atoms with E-state index in [4.69, 9.17) is 18.9 Å². The van der Waals surface area contributed by atoms with Crippen molar-refractivity contribution < 1.29 is 54.7 Å². The fourth-order valence-electron chi connectivity index (χ4n) is 6.42. The first-order chi connectivity index (χ1) is 20.4. The van der Waals surface area contributed by atoms with Gasteiger partial charge in [0, 0.05) is 17.4 Å². The van der Waals surface area contributed by atoms with Crippen LogP contribution in [0.4, 0.5) is 0 Å². The summed E-state index contributed by atoms with van der Waals surface area (Å²) in [6, 6.07) is 3.52. The van der Waals surface area contributed by atoms with Crippen LogP contribution in [0.2, 0.25) is 0 Å². The van der Waals surface area contributed by atoms with Gasteiger partial charge in [-0.15, -0.1) is 0 Å². The van der Waals surface area contributed by atoms with E-state index in [1.165, 1.54) is 5.57 Å². The van der Waals surface area contributed by atoms with Crippen LogP contribution in [0.25, 0.3) is 0 Å². The molecule has 0 aromatic heterocycles. The fourth-order valence-corrected chi connectivity index (χ4v) is 6.42. The van der Waals surface area contributed by atoms with E-state index < -0.39 is 74.4 Å². The van der Waals surface area contributed by atoms with Gasteiger partial charge in [-0.05, 0) is 56.7 Å². The number of aryl methyl sites for hydroxylation is 1. The van der Waals surface area contributed by atoms with Gasteiger partial charge in [-0.25, -0.2) is 0 Å². The molecule has 2 saturated heterocycles. The number of benzene rings is 1. The van der Waals surface area contributed by atoms with Crippen molar-refractivity contribution in [1.29, 1.82) is 0 Å². The number of allylic oxidation sites excluding steroid dienone is 3. The number of hydrogen-bond donors (Lipinski definition) is 7. The number of phenols is 1. The van der Waals surface area contributed by atoms with Crippen LogP contribution in [0.1, 0.15) is 64.0 Å². The maximum Gasteiger partial charge on any atom is 0.229 e. The minimum absolute atomic E-state index is 0.0347. The van der Waals surface area contributed by atoms with E-state index in [0.717, 1.165) is 30.4 Å². The van der Waals surface area contributed by atoms with Crippen LogP contribution in [-0.2, 0) is 20.6 Å². The van der Waals surface area contributed by atoms with Gasteiger partial charge >= 0.3 is 0 Å². The Balaban J connectivity index is 1.69. The summed E-state index contributed by atoms with van der Waals surface area (Å²) in [6.07, 6.45) is -7.28. The summed E-state index contributed by atoms with van der Waals surface area (Å²) >= 11 is 0. The summed E-state index contributed by atoms with van der Waals surface area (Å²) in [5, 5.41) is 74.5. The molecule has 0 amide bonds. The van der Waals surface area contributed by atoms with E-state index in [1.54, 1.807) is 19.1 Å². The van der Waals surface area contributed by atoms with Gasteiger partial charge in [0.25, 0.3) is 0 Å². The molecule has 2 aliphatic heterocycles. The Morgan fingerprint density at radius 1 is 0.977 bits per heavy atom. The third kappa shape index (κ3) is 7.11. The molecule has 7 N–H and O–H groups in total. The molecule has 0 spiro atoms. The smallest absolute Gasteiger partial charge is 0.229 e. The highest BCUT2D eigenvalue weighted by Crippen LogP contribution is 2.47. The third-order valence-electron chi connectivity index (χ3n) is 9.03. The predicted octanol–water partition coefficient (Wildman–Crippen LogP) is 1.64. The molecule has 242 valence electrons. The largest absolute Gasteiger partial charge is 0.507 e. The summed E-state index contributed by atoms with van der Waals surface area (Å²) in [5.41, 5.74) is 3.46. The molecule has 4 rings (SSSR count). The SMILES string of the molecule is C=C(C)[C@@H]1CCC(C)=C[C@H]1c1c(O)cc(CCC)cc1O[C@@H]1O[C@H](CO)[C@@H](O)[C@H](O[C@H]2O[C@H](CO)[C@@H](C)[C@H](O)[C@H]2O)[C@H]1O. The van der Waals surface area contributed by atoms with Crippen LogP contribution in [0.5, 0.6) is 11.5 Å². The second-order valence-corrected chi connectivity index (χ2v) is 12.3. The molecule has 43 heavy (non-hydrogen) atoms. The van der Waals surface area contributed by atoms with Crippen LogP contribution >= 0.6 is 0 Å². The van der Waals surface area contributed by atoms with E-state index >= 15 is 0 Å². The Hall–Kier alpha value is -2.06. The molecule has 12 atom stereocenters. The summed E-state index contributed by atoms with van der Waals surface area (Å²) in [4.78, 5) is 0. The highest BCUT2D eigenvalue weighted by molar-refractivity contribution is 5.52.